The summed E-state index contributed by atoms with van der Waals surface area (Å²) in [5, 5.41) is 0. The molecule has 11 heavy (non-hydrogen) atoms. The van der Waals surface area contributed by atoms with Gasteiger partial charge < -0.3 is 14.2 Å². The second-order valence-electron chi connectivity index (χ2n) is 2.83. The number of carbonyl (C=O) groups excluding carboxylic acids is 1. The zero-order chi connectivity index (χ0) is 7.84. The van der Waals surface area contributed by atoms with E-state index in [0.717, 1.165) is 0 Å². The van der Waals surface area contributed by atoms with E-state index in [1.807, 2.05) is 0 Å². The first-order valence-corrected chi connectivity index (χ1v) is 3.65. The van der Waals surface area contributed by atoms with Crippen molar-refractivity contribution in [1.29, 1.82) is 0 Å². The summed E-state index contributed by atoms with van der Waals surface area (Å²) in [5.41, 5.74) is 0. The van der Waals surface area contributed by atoms with Gasteiger partial charge in [0.2, 0.25) is 0 Å². The van der Waals surface area contributed by atoms with Crippen molar-refractivity contribution >= 4 is 5.97 Å². The van der Waals surface area contributed by atoms with E-state index in [2.05, 4.69) is 0 Å². The molecule has 0 spiro atoms. The first-order chi connectivity index (χ1) is 5.31. The Bertz CT molecular complexity index is 179. The van der Waals surface area contributed by atoms with Crippen LogP contribution in [0, 0.1) is 5.92 Å². The molecule has 4 nitrogen and oxygen atoms in total. The van der Waals surface area contributed by atoms with Crippen molar-refractivity contribution in [3.05, 3.63) is 0 Å². The Balaban J connectivity index is 2.07. The summed E-state index contributed by atoms with van der Waals surface area (Å²) in [4.78, 5) is 10.8. The Hall–Kier alpha value is -0.610. The average Bonchev–Trinajstić information content (AvgIpc) is 2.45. The molecule has 0 aromatic rings. The second kappa shape index (κ2) is 2.46. The van der Waals surface area contributed by atoms with Crippen molar-refractivity contribution in [2.45, 2.75) is 18.8 Å². The van der Waals surface area contributed by atoms with Gasteiger partial charge in [0.25, 0.3) is 0 Å². The predicted octanol–water partition coefficient (Wildman–Crippen LogP) is -0.0792. The number of methoxy groups -OCH3 is 1. The number of hydrogen-bond donors (Lipinski definition) is 0. The van der Waals surface area contributed by atoms with Crippen LogP contribution >= 0.6 is 0 Å². The van der Waals surface area contributed by atoms with Crippen LogP contribution in [0.1, 0.15) is 6.42 Å². The summed E-state index contributed by atoms with van der Waals surface area (Å²) >= 11 is 0. The predicted molar refractivity (Wildman–Crippen MR) is 34.7 cm³/mol. The Kier molecular flexibility index (Phi) is 1.58. The van der Waals surface area contributed by atoms with Gasteiger partial charge in [-0.05, 0) is 0 Å². The van der Waals surface area contributed by atoms with E-state index in [-0.39, 0.29) is 24.3 Å². The zero-order valence-corrected chi connectivity index (χ0v) is 6.28. The lowest BCUT2D eigenvalue weighted by atomic mass is 10.0. The molecule has 2 aliphatic rings. The minimum absolute atomic E-state index is 0.0625. The molecule has 2 unspecified atom stereocenters. The molecule has 62 valence electrons. The van der Waals surface area contributed by atoms with Crippen molar-refractivity contribution in [1.82, 2.24) is 0 Å². The SMILES string of the molecule is COC1OCC2OC(=O)C[C@@H]21. The molecule has 0 amide bonds. The van der Waals surface area contributed by atoms with Gasteiger partial charge in [-0.25, -0.2) is 0 Å². The lowest BCUT2D eigenvalue weighted by Gasteiger charge is -2.11. The highest BCUT2D eigenvalue weighted by Crippen LogP contribution is 2.33. The van der Waals surface area contributed by atoms with Crippen LogP contribution in [0.3, 0.4) is 0 Å². The van der Waals surface area contributed by atoms with E-state index in [4.69, 9.17) is 14.2 Å². The van der Waals surface area contributed by atoms with Gasteiger partial charge in [0.1, 0.15) is 6.10 Å². The van der Waals surface area contributed by atoms with Gasteiger partial charge in [0.15, 0.2) is 6.29 Å². The third kappa shape index (κ3) is 1.02. The van der Waals surface area contributed by atoms with Crippen molar-refractivity contribution in [3.8, 4) is 0 Å². The molecule has 0 saturated carbocycles. The fraction of sp³-hybridized carbons (Fsp3) is 0.857. The standard InChI is InChI=1S/C7H10O4/c1-9-7-4-2-6(8)11-5(4)3-10-7/h4-5,7H,2-3H2,1H3/t4-,5?,7?/m0/s1. The minimum atomic E-state index is -0.244. The monoisotopic (exact) mass is 158 g/mol. The lowest BCUT2D eigenvalue weighted by molar-refractivity contribution is -0.146. The number of rotatable bonds is 1. The van der Waals surface area contributed by atoms with E-state index < -0.39 is 0 Å². The Morgan fingerprint density at radius 1 is 1.64 bits per heavy atom. The van der Waals surface area contributed by atoms with E-state index in [9.17, 15) is 4.79 Å². The highest BCUT2D eigenvalue weighted by molar-refractivity contribution is 5.72. The summed E-state index contributed by atoms with van der Waals surface area (Å²) in [6, 6.07) is 0. The van der Waals surface area contributed by atoms with Gasteiger partial charge in [0, 0.05) is 7.11 Å². The van der Waals surface area contributed by atoms with Gasteiger partial charge in [-0.15, -0.1) is 0 Å². The molecule has 0 N–H and O–H groups in total. The number of carbonyl (C=O) groups is 1. The molecule has 0 radical (unpaired) electrons. The van der Waals surface area contributed by atoms with E-state index in [1.54, 1.807) is 7.11 Å². The number of esters is 1. The van der Waals surface area contributed by atoms with Gasteiger partial charge >= 0.3 is 5.97 Å². The summed E-state index contributed by atoms with van der Waals surface area (Å²) in [7, 11) is 1.58. The number of fused-ring (bicyclic) bond motifs is 1. The molecule has 2 aliphatic heterocycles. The van der Waals surface area contributed by atoms with Crippen LogP contribution < -0.4 is 0 Å². The Morgan fingerprint density at radius 2 is 2.45 bits per heavy atom. The van der Waals surface area contributed by atoms with Crippen molar-refractivity contribution in [3.63, 3.8) is 0 Å². The van der Waals surface area contributed by atoms with Crippen LogP contribution in [-0.4, -0.2) is 32.1 Å². The van der Waals surface area contributed by atoms with Crippen LogP contribution in [0.4, 0.5) is 0 Å². The molecular formula is C7H10O4. The smallest absolute Gasteiger partial charge is 0.306 e. The first-order valence-electron chi connectivity index (χ1n) is 3.65. The van der Waals surface area contributed by atoms with Gasteiger partial charge in [0.05, 0.1) is 18.9 Å². The van der Waals surface area contributed by atoms with Crippen LogP contribution in [0.5, 0.6) is 0 Å². The molecular weight excluding hydrogens is 148 g/mol. The van der Waals surface area contributed by atoms with E-state index in [1.165, 1.54) is 0 Å². The first kappa shape index (κ1) is 7.06. The van der Waals surface area contributed by atoms with Crippen LogP contribution in [0.15, 0.2) is 0 Å². The molecule has 4 heteroatoms. The highest BCUT2D eigenvalue weighted by Gasteiger charge is 2.46. The van der Waals surface area contributed by atoms with Crippen LogP contribution in [0.2, 0.25) is 0 Å². The normalized spacial score (nSPS) is 42.3. The van der Waals surface area contributed by atoms with Gasteiger partial charge in [-0.1, -0.05) is 0 Å². The molecule has 0 bridgehead atoms. The quantitative estimate of drug-likeness (QED) is 0.501. The maximum absolute atomic E-state index is 10.8. The molecule has 2 rings (SSSR count). The second-order valence-corrected chi connectivity index (χ2v) is 2.83. The van der Waals surface area contributed by atoms with E-state index in [0.29, 0.717) is 13.0 Å². The summed E-state index contributed by atoms with van der Waals surface area (Å²) in [5.74, 6) is -0.0159. The number of hydrogen-bond acceptors (Lipinski definition) is 4. The summed E-state index contributed by atoms with van der Waals surface area (Å²) in [6.45, 7) is 0.481. The molecule has 0 aromatic heterocycles. The summed E-state index contributed by atoms with van der Waals surface area (Å²) in [6.07, 6.45) is 0.127. The lowest BCUT2D eigenvalue weighted by Crippen LogP contribution is -2.20. The molecule has 2 fully saturated rings. The summed E-state index contributed by atoms with van der Waals surface area (Å²) < 4.78 is 15.2. The topological polar surface area (TPSA) is 44.8 Å². The minimum Gasteiger partial charge on any atom is -0.459 e. The molecule has 2 heterocycles. The molecule has 2 saturated heterocycles. The van der Waals surface area contributed by atoms with Crippen molar-refractivity contribution < 1.29 is 19.0 Å². The maximum Gasteiger partial charge on any atom is 0.306 e. The van der Waals surface area contributed by atoms with Gasteiger partial charge in [-0.2, -0.15) is 0 Å². The van der Waals surface area contributed by atoms with Crippen LogP contribution in [0.25, 0.3) is 0 Å². The number of ether oxygens (including phenoxy) is 3. The third-order valence-electron chi connectivity index (χ3n) is 2.17. The highest BCUT2D eigenvalue weighted by atomic mass is 16.7. The van der Waals surface area contributed by atoms with Crippen molar-refractivity contribution in [2.24, 2.45) is 5.92 Å². The molecule has 0 aliphatic carbocycles. The molecule has 0 aromatic carbocycles. The Labute approximate surface area is 64.4 Å². The fourth-order valence-corrected chi connectivity index (χ4v) is 1.61. The third-order valence-corrected chi connectivity index (χ3v) is 2.17. The fourth-order valence-electron chi connectivity index (χ4n) is 1.61. The van der Waals surface area contributed by atoms with Gasteiger partial charge in [-0.3, -0.25) is 4.79 Å². The Morgan fingerprint density at radius 3 is 3.18 bits per heavy atom. The van der Waals surface area contributed by atoms with Crippen LogP contribution in [-0.2, 0) is 19.0 Å². The largest absolute Gasteiger partial charge is 0.459 e. The molecule has 3 atom stereocenters. The van der Waals surface area contributed by atoms with Crippen molar-refractivity contribution in [2.75, 3.05) is 13.7 Å². The average molecular weight is 158 g/mol. The van der Waals surface area contributed by atoms with E-state index >= 15 is 0 Å². The maximum atomic E-state index is 10.8. The zero-order valence-electron chi connectivity index (χ0n) is 6.28.